The second-order valence-electron chi connectivity index (χ2n) is 12.0. The SMILES string of the molecule is C[C@@H](c1ccc(-c2ccc(C3(C(N)=O)CCCC3)nc2)cc1)N1CCC(CC(C)(C)O)(c2ccccc2)OC1=O. The number of pyridine rings is 1. The van der Waals surface area contributed by atoms with Gasteiger partial charge >= 0.3 is 6.09 Å². The number of carbonyl (C=O) groups is 2. The number of amides is 2. The van der Waals surface area contributed by atoms with Crippen molar-refractivity contribution in [3.63, 3.8) is 0 Å². The molecule has 5 rings (SSSR count). The number of hydrogen-bond donors (Lipinski definition) is 2. The minimum Gasteiger partial charge on any atom is -0.438 e. The summed E-state index contributed by atoms with van der Waals surface area (Å²) in [7, 11) is 0. The van der Waals surface area contributed by atoms with Crippen molar-refractivity contribution in [1.29, 1.82) is 0 Å². The highest BCUT2D eigenvalue weighted by molar-refractivity contribution is 5.86. The summed E-state index contributed by atoms with van der Waals surface area (Å²) >= 11 is 0. The van der Waals surface area contributed by atoms with Gasteiger partial charge in [0.15, 0.2) is 0 Å². The van der Waals surface area contributed by atoms with Crippen LogP contribution in [0.25, 0.3) is 11.1 Å². The van der Waals surface area contributed by atoms with Crippen LogP contribution >= 0.6 is 0 Å². The number of ether oxygens (including phenoxy) is 1. The number of primary amides is 1. The second-order valence-corrected chi connectivity index (χ2v) is 12.0. The van der Waals surface area contributed by atoms with Gasteiger partial charge in [-0.05, 0) is 56.4 Å². The normalized spacial score (nSPS) is 21.6. The molecule has 1 saturated carbocycles. The zero-order valence-electron chi connectivity index (χ0n) is 23.6. The van der Waals surface area contributed by atoms with Crippen molar-refractivity contribution in [3.05, 3.63) is 89.7 Å². The van der Waals surface area contributed by atoms with Crippen LogP contribution < -0.4 is 5.73 Å². The third-order valence-electron chi connectivity index (χ3n) is 8.67. The molecule has 1 aromatic heterocycles. The van der Waals surface area contributed by atoms with Crippen LogP contribution in [0, 0.1) is 0 Å². The Morgan fingerprint density at radius 3 is 2.23 bits per heavy atom. The maximum Gasteiger partial charge on any atom is 0.411 e. The number of hydrogen-bond acceptors (Lipinski definition) is 5. The smallest absolute Gasteiger partial charge is 0.411 e. The first-order valence-corrected chi connectivity index (χ1v) is 14.2. The monoisotopic (exact) mass is 541 g/mol. The molecule has 40 heavy (non-hydrogen) atoms. The third kappa shape index (κ3) is 5.35. The predicted octanol–water partition coefficient (Wildman–Crippen LogP) is 6.01. The van der Waals surface area contributed by atoms with Crippen LogP contribution in [-0.4, -0.2) is 39.1 Å². The zero-order valence-corrected chi connectivity index (χ0v) is 23.6. The van der Waals surface area contributed by atoms with Crippen molar-refractivity contribution in [2.24, 2.45) is 5.73 Å². The van der Waals surface area contributed by atoms with Gasteiger partial charge < -0.3 is 20.5 Å². The fraction of sp³-hybridized carbons (Fsp3) is 0.424. The van der Waals surface area contributed by atoms with E-state index in [0.717, 1.165) is 53.6 Å². The van der Waals surface area contributed by atoms with Gasteiger partial charge in [-0.1, -0.05) is 73.5 Å². The van der Waals surface area contributed by atoms with E-state index in [4.69, 9.17) is 10.5 Å². The molecule has 2 heterocycles. The topological polar surface area (TPSA) is 106 Å². The van der Waals surface area contributed by atoms with Crippen LogP contribution in [0.4, 0.5) is 4.79 Å². The molecule has 1 aliphatic heterocycles. The predicted molar refractivity (Wildman–Crippen MR) is 154 cm³/mol. The standard InChI is InChI=1S/C33H39N3O4/c1-23(36-20-19-33(40-30(36)38,22-31(2,3)39)27-9-5-4-6-10-27)24-11-13-25(14-12-24)26-15-16-28(35-21-26)32(29(34)37)17-7-8-18-32/h4-6,9-16,21,23,39H,7-8,17-20,22H2,1-3H3,(H2,34,37)/t23-,33?/m0/s1. The van der Waals surface area contributed by atoms with E-state index in [1.165, 1.54) is 0 Å². The summed E-state index contributed by atoms with van der Waals surface area (Å²) in [6.45, 7) is 6.01. The molecule has 2 fully saturated rings. The molecule has 210 valence electrons. The van der Waals surface area contributed by atoms with Crippen LogP contribution in [0.2, 0.25) is 0 Å². The Bertz CT molecular complexity index is 1340. The Kier molecular flexibility index (Phi) is 7.44. The van der Waals surface area contributed by atoms with E-state index >= 15 is 0 Å². The van der Waals surface area contributed by atoms with Gasteiger partial charge in [-0.3, -0.25) is 9.78 Å². The molecule has 2 amide bonds. The molecule has 1 aliphatic carbocycles. The van der Waals surface area contributed by atoms with Gasteiger partial charge in [0.25, 0.3) is 0 Å². The fourth-order valence-corrected chi connectivity index (χ4v) is 6.48. The van der Waals surface area contributed by atoms with Crippen molar-refractivity contribution in [2.75, 3.05) is 6.54 Å². The summed E-state index contributed by atoms with van der Waals surface area (Å²) in [6, 6.07) is 21.6. The van der Waals surface area contributed by atoms with Crippen LogP contribution in [0.1, 0.15) is 82.2 Å². The van der Waals surface area contributed by atoms with Gasteiger partial charge in [0.1, 0.15) is 5.60 Å². The molecule has 3 aromatic rings. The number of carbonyl (C=O) groups excluding carboxylic acids is 2. The number of nitrogens with two attached hydrogens (primary N) is 1. The summed E-state index contributed by atoms with van der Waals surface area (Å²) in [5.74, 6) is -0.291. The molecule has 3 N–H and O–H groups in total. The molecule has 7 heteroatoms. The first kappa shape index (κ1) is 27.8. The van der Waals surface area contributed by atoms with E-state index in [-0.39, 0.29) is 18.0 Å². The minimum absolute atomic E-state index is 0.184. The Balaban J connectivity index is 1.30. The summed E-state index contributed by atoms with van der Waals surface area (Å²) in [4.78, 5) is 32.0. The third-order valence-corrected chi connectivity index (χ3v) is 8.67. The summed E-state index contributed by atoms with van der Waals surface area (Å²) in [5, 5.41) is 10.6. The molecule has 2 aliphatic rings. The number of aromatic nitrogens is 1. The highest BCUT2D eigenvalue weighted by Gasteiger charge is 2.46. The van der Waals surface area contributed by atoms with Gasteiger partial charge in [-0.2, -0.15) is 0 Å². The second kappa shape index (κ2) is 10.7. The summed E-state index contributed by atoms with van der Waals surface area (Å²) < 4.78 is 6.15. The van der Waals surface area contributed by atoms with Crippen LogP contribution in [-0.2, 0) is 20.5 Å². The maximum atomic E-state index is 13.4. The van der Waals surface area contributed by atoms with Gasteiger partial charge in [0.05, 0.1) is 22.8 Å². The molecular formula is C33H39N3O4. The van der Waals surface area contributed by atoms with Gasteiger partial charge in [0.2, 0.25) is 5.91 Å². The average Bonchev–Trinajstić information content (AvgIpc) is 3.44. The molecule has 0 radical (unpaired) electrons. The van der Waals surface area contributed by atoms with E-state index in [1.807, 2.05) is 79.9 Å². The molecule has 2 aromatic carbocycles. The van der Waals surface area contributed by atoms with Gasteiger partial charge in [-0.25, -0.2) is 4.79 Å². The van der Waals surface area contributed by atoms with Crippen molar-refractivity contribution < 1.29 is 19.4 Å². The quantitative estimate of drug-likeness (QED) is 0.364. The molecule has 0 spiro atoms. The van der Waals surface area contributed by atoms with E-state index in [0.29, 0.717) is 19.4 Å². The summed E-state index contributed by atoms with van der Waals surface area (Å²) in [6.07, 6.45) is 5.82. The van der Waals surface area contributed by atoms with E-state index < -0.39 is 16.6 Å². The molecule has 1 unspecified atom stereocenters. The molecule has 0 bridgehead atoms. The zero-order chi connectivity index (χ0) is 28.5. The fourth-order valence-electron chi connectivity index (χ4n) is 6.48. The molecule has 2 atom stereocenters. The van der Waals surface area contributed by atoms with Gasteiger partial charge in [-0.15, -0.1) is 0 Å². The van der Waals surface area contributed by atoms with E-state index in [2.05, 4.69) is 4.98 Å². The van der Waals surface area contributed by atoms with Crippen molar-refractivity contribution in [2.45, 2.75) is 82.0 Å². The van der Waals surface area contributed by atoms with E-state index in [9.17, 15) is 14.7 Å². The lowest BCUT2D eigenvalue weighted by Crippen LogP contribution is -2.51. The number of aliphatic hydroxyl groups is 1. The first-order chi connectivity index (χ1) is 19.0. The number of nitrogens with zero attached hydrogens (tertiary/aromatic N) is 2. The molecular weight excluding hydrogens is 502 g/mol. The lowest BCUT2D eigenvalue weighted by molar-refractivity contribution is -0.123. The highest BCUT2D eigenvalue weighted by atomic mass is 16.6. The van der Waals surface area contributed by atoms with Crippen molar-refractivity contribution in [3.8, 4) is 11.1 Å². The average molecular weight is 542 g/mol. The number of cyclic esters (lactones) is 1. The van der Waals surface area contributed by atoms with Gasteiger partial charge in [0, 0.05) is 31.1 Å². The Morgan fingerprint density at radius 1 is 1.02 bits per heavy atom. The number of rotatable bonds is 8. The molecule has 7 nitrogen and oxygen atoms in total. The first-order valence-electron chi connectivity index (χ1n) is 14.2. The Hall–Kier alpha value is -3.71. The highest BCUT2D eigenvalue weighted by Crippen LogP contribution is 2.43. The van der Waals surface area contributed by atoms with Crippen LogP contribution in [0.5, 0.6) is 0 Å². The minimum atomic E-state index is -0.996. The van der Waals surface area contributed by atoms with Crippen molar-refractivity contribution in [1.82, 2.24) is 9.88 Å². The van der Waals surface area contributed by atoms with Crippen LogP contribution in [0.3, 0.4) is 0 Å². The van der Waals surface area contributed by atoms with Crippen LogP contribution in [0.15, 0.2) is 72.9 Å². The maximum absolute atomic E-state index is 13.4. The van der Waals surface area contributed by atoms with Crippen molar-refractivity contribution >= 4 is 12.0 Å². The largest absolute Gasteiger partial charge is 0.438 e. The van der Waals surface area contributed by atoms with E-state index in [1.54, 1.807) is 18.7 Å². The lowest BCUT2D eigenvalue weighted by atomic mass is 9.80. The summed E-state index contributed by atoms with van der Waals surface area (Å²) in [5.41, 5.74) is 7.87. The Labute approximate surface area is 236 Å². The number of benzene rings is 2. The Morgan fingerprint density at radius 2 is 1.68 bits per heavy atom. The lowest BCUT2D eigenvalue weighted by Gasteiger charge is -2.45. The molecule has 1 saturated heterocycles.